The monoisotopic (exact) mass is 495 g/mol. The van der Waals surface area contributed by atoms with E-state index in [-0.39, 0.29) is 24.2 Å². The Morgan fingerprint density at radius 1 is 1.08 bits per heavy atom. The summed E-state index contributed by atoms with van der Waals surface area (Å²) < 4.78 is 13.7. The van der Waals surface area contributed by atoms with E-state index in [2.05, 4.69) is 25.5 Å². The molecule has 11 nitrogen and oxygen atoms in total. The molecule has 184 valence electrons. The molecule has 0 bridgehead atoms. The van der Waals surface area contributed by atoms with Gasteiger partial charge < -0.3 is 14.8 Å². The first-order chi connectivity index (χ1) is 17.9. The van der Waals surface area contributed by atoms with Crippen molar-refractivity contribution in [3.8, 4) is 23.1 Å². The number of amides is 1. The van der Waals surface area contributed by atoms with Crippen molar-refractivity contribution in [1.29, 1.82) is 0 Å². The van der Waals surface area contributed by atoms with Gasteiger partial charge >= 0.3 is 0 Å². The van der Waals surface area contributed by atoms with Crippen molar-refractivity contribution in [3.05, 3.63) is 88.0 Å². The van der Waals surface area contributed by atoms with Gasteiger partial charge in [-0.2, -0.15) is 19.9 Å². The number of ether oxygens (including phenoxy) is 2. The second kappa shape index (κ2) is 8.79. The van der Waals surface area contributed by atoms with Gasteiger partial charge in [-0.3, -0.25) is 14.6 Å². The number of nitrogens with zero attached hydrogens (tertiary/aromatic N) is 5. The lowest BCUT2D eigenvalue weighted by molar-refractivity contribution is -0.111. The van der Waals surface area contributed by atoms with Crippen LogP contribution < -0.4 is 20.3 Å². The molecule has 0 fully saturated rings. The predicted octanol–water partition coefficient (Wildman–Crippen LogP) is 3.29. The minimum Gasteiger partial charge on any atom is -0.454 e. The van der Waals surface area contributed by atoms with Gasteiger partial charge in [0.25, 0.3) is 5.56 Å². The number of H-pyrrole nitrogens is 1. The molecular weight excluding hydrogens is 474 g/mol. The fraction of sp³-hybridized carbons (Fsp3) is 0.115. The molecule has 4 heterocycles. The summed E-state index contributed by atoms with van der Waals surface area (Å²) in [4.78, 5) is 32.9. The minimum absolute atomic E-state index is 0.148. The molecule has 0 unspecified atom stereocenters. The molecule has 1 aliphatic heterocycles. The van der Waals surface area contributed by atoms with E-state index in [0.29, 0.717) is 34.0 Å². The Morgan fingerprint density at radius 2 is 1.95 bits per heavy atom. The highest BCUT2D eigenvalue weighted by Crippen LogP contribution is 2.32. The van der Waals surface area contributed by atoms with Crippen molar-refractivity contribution in [3.63, 3.8) is 0 Å². The fourth-order valence-electron chi connectivity index (χ4n) is 4.06. The van der Waals surface area contributed by atoms with Gasteiger partial charge in [0.1, 0.15) is 11.2 Å². The number of carbonyl (C=O) groups is 1. The van der Waals surface area contributed by atoms with Crippen LogP contribution in [0.1, 0.15) is 16.8 Å². The zero-order valence-corrected chi connectivity index (χ0v) is 19.9. The van der Waals surface area contributed by atoms with Crippen molar-refractivity contribution in [1.82, 2.24) is 29.5 Å². The summed E-state index contributed by atoms with van der Waals surface area (Å²) in [6.45, 7) is 3.94. The fourth-order valence-corrected chi connectivity index (χ4v) is 4.06. The Labute approximate surface area is 210 Å². The normalized spacial score (nSPS) is 12.5. The molecule has 2 N–H and O–H groups in total. The molecule has 37 heavy (non-hydrogen) atoms. The molecule has 0 atom stereocenters. The summed E-state index contributed by atoms with van der Waals surface area (Å²) in [6, 6.07) is 14.8. The van der Waals surface area contributed by atoms with Crippen LogP contribution in [0, 0.1) is 13.8 Å². The number of fused-ring (bicyclic) bond motifs is 2. The largest absolute Gasteiger partial charge is 0.454 e. The van der Waals surface area contributed by atoms with Crippen molar-refractivity contribution < 1.29 is 14.3 Å². The third kappa shape index (κ3) is 4.22. The number of aromatic nitrogens is 6. The maximum absolute atomic E-state index is 12.9. The SMILES string of the molecule is Cc1cccc(-n2ncc3c(=O)[nH]c(-n4nc(C)cc4NC(=O)/C=C/c4ccc5c(c4)OCO5)nc32)c1. The minimum atomic E-state index is -0.382. The molecule has 1 amide bonds. The summed E-state index contributed by atoms with van der Waals surface area (Å²) in [5, 5.41) is 11.9. The van der Waals surface area contributed by atoms with Crippen LogP contribution in [0.25, 0.3) is 28.7 Å². The highest BCUT2D eigenvalue weighted by molar-refractivity contribution is 6.01. The first-order valence-electron chi connectivity index (χ1n) is 11.5. The number of hydrogen-bond donors (Lipinski definition) is 2. The first-order valence-corrected chi connectivity index (χ1v) is 11.5. The van der Waals surface area contributed by atoms with Gasteiger partial charge in [-0.1, -0.05) is 18.2 Å². The average molecular weight is 495 g/mol. The van der Waals surface area contributed by atoms with E-state index in [1.54, 1.807) is 35.9 Å². The summed E-state index contributed by atoms with van der Waals surface area (Å²) >= 11 is 0. The Balaban J connectivity index is 1.31. The van der Waals surface area contributed by atoms with Crippen molar-refractivity contribution in [2.75, 3.05) is 12.1 Å². The van der Waals surface area contributed by atoms with E-state index in [1.807, 2.05) is 37.3 Å². The van der Waals surface area contributed by atoms with Crippen LogP contribution in [-0.4, -0.2) is 42.2 Å². The van der Waals surface area contributed by atoms with Gasteiger partial charge in [0.05, 0.1) is 17.6 Å². The van der Waals surface area contributed by atoms with Gasteiger partial charge in [0.15, 0.2) is 17.1 Å². The van der Waals surface area contributed by atoms with E-state index >= 15 is 0 Å². The number of nitrogens with one attached hydrogen (secondary N) is 2. The van der Waals surface area contributed by atoms with Gasteiger partial charge in [-0.15, -0.1) is 0 Å². The molecule has 11 heteroatoms. The van der Waals surface area contributed by atoms with E-state index < -0.39 is 0 Å². The van der Waals surface area contributed by atoms with E-state index in [4.69, 9.17) is 9.47 Å². The van der Waals surface area contributed by atoms with E-state index in [0.717, 1.165) is 16.8 Å². The zero-order valence-electron chi connectivity index (χ0n) is 19.9. The third-order valence-corrected chi connectivity index (χ3v) is 5.78. The molecule has 0 saturated carbocycles. The van der Waals surface area contributed by atoms with Crippen LogP contribution in [0.4, 0.5) is 5.82 Å². The number of aryl methyl sites for hydroxylation is 2. The quantitative estimate of drug-likeness (QED) is 0.358. The van der Waals surface area contributed by atoms with Crippen LogP contribution in [0.5, 0.6) is 11.5 Å². The van der Waals surface area contributed by atoms with E-state index in [9.17, 15) is 9.59 Å². The molecule has 2 aromatic carbocycles. The first kappa shape index (κ1) is 22.3. The van der Waals surface area contributed by atoms with E-state index in [1.165, 1.54) is 17.0 Å². The maximum Gasteiger partial charge on any atom is 0.263 e. The third-order valence-electron chi connectivity index (χ3n) is 5.78. The second-order valence-electron chi connectivity index (χ2n) is 8.54. The summed E-state index contributed by atoms with van der Waals surface area (Å²) in [5.41, 5.74) is 3.24. The van der Waals surface area contributed by atoms with Gasteiger partial charge in [-0.25, -0.2) is 4.68 Å². The van der Waals surface area contributed by atoms with Crippen LogP contribution in [0.2, 0.25) is 0 Å². The molecular formula is C26H21N7O4. The number of aromatic amines is 1. The molecule has 6 rings (SSSR count). The number of anilines is 1. The standard InChI is InChI=1S/C26H21N7O4/c1-15-4-3-5-18(10-15)32-24-19(13-27-32)25(35)30-26(29-24)33-22(11-16(2)31-33)28-23(34)9-7-17-6-8-20-21(12-17)37-14-36-20/h3-13H,14H2,1-2H3,(H,28,34)(H,29,30,35)/b9-7+. The number of benzene rings is 2. The molecule has 0 spiro atoms. The summed E-state index contributed by atoms with van der Waals surface area (Å²) in [5.74, 6) is 1.42. The number of hydrogen-bond acceptors (Lipinski definition) is 7. The smallest absolute Gasteiger partial charge is 0.263 e. The average Bonchev–Trinajstić information content (AvgIpc) is 3.60. The highest BCUT2D eigenvalue weighted by Gasteiger charge is 2.17. The number of carbonyl (C=O) groups excluding carboxylic acids is 1. The molecule has 0 radical (unpaired) electrons. The zero-order chi connectivity index (χ0) is 25.5. The lowest BCUT2D eigenvalue weighted by atomic mass is 10.2. The van der Waals surface area contributed by atoms with Crippen LogP contribution in [0.15, 0.2) is 65.6 Å². The molecule has 1 aliphatic rings. The predicted molar refractivity (Wildman–Crippen MR) is 136 cm³/mol. The Morgan fingerprint density at radius 3 is 2.81 bits per heavy atom. The van der Waals surface area contributed by atoms with Crippen LogP contribution in [-0.2, 0) is 4.79 Å². The Bertz CT molecular complexity index is 1760. The summed E-state index contributed by atoms with van der Waals surface area (Å²) in [7, 11) is 0. The van der Waals surface area contributed by atoms with Crippen LogP contribution in [0.3, 0.4) is 0 Å². The molecule has 0 saturated heterocycles. The topological polar surface area (TPSA) is 129 Å². The van der Waals surface area contributed by atoms with Crippen molar-refractivity contribution >= 4 is 28.8 Å². The number of rotatable bonds is 5. The maximum atomic E-state index is 12.9. The Kier molecular flexibility index (Phi) is 5.29. The van der Waals surface area contributed by atoms with Crippen molar-refractivity contribution in [2.45, 2.75) is 13.8 Å². The van der Waals surface area contributed by atoms with Gasteiger partial charge in [0, 0.05) is 12.1 Å². The molecule has 0 aliphatic carbocycles. The van der Waals surface area contributed by atoms with Crippen LogP contribution >= 0.6 is 0 Å². The second-order valence-corrected chi connectivity index (χ2v) is 8.54. The van der Waals surface area contributed by atoms with Gasteiger partial charge in [-0.05, 0) is 55.3 Å². The van der Waals surface area contributed by atoms with Gasteiger partial charge in [0.2, 0.25) is 18.6 Å². The highest BCUT2D eigenvalue weighted by atomic mass is 16.7. The lowest BCUT2D eigenvalue weighted by Crippen LogP contribution is -2.18. The molecule has 5 aromatic rings. The Hall–Kier alpha value is -5.19. The summed E-state index contributed by atoms with van der Waals surface area (Å²) in [6.07, 6.45) is 4.54. The molecule has 3 aromatic heterocycles. The van der Waals surface area contributed by atoms with Crippen molar-refractivity contribution in [2.24, 2.45) is 0 Å². The lowest BCUT2D eigenvalue weighted by Gasteiger charge is -2.08.